The van der Waals surface area contributed by atoms with E-state index in [2.05, 4.69) is 24.3 Å². The second-order valence-corrected chi connectivity index (χ2v) is 5.66. The molecule has 0 bridgehead atoms. The third-order valence-corrected chi connectivity index (χ3v) is 3.36. The summed E-state index contributed by atoms with van der Waals surface area (Å²) in [5.74, 6) is 0.228. The lowest BCUT2D eigenvalue weighted by Crippen LogP contribution is -2.18. The Labute approximate surface area is 123 Å². The van der Waals surface area contributed by atoms with Gasteiger partial charge in [-0.05, 0) is 24.1 Å². The Morgan fingerprint density at radius 3 is 2.95 bits per heavy atom. The van der Waals surface area contributed by atoms with Gasteiger partial charge in [-0.3, -0.25) is 4.68 Å². The first-order valence-electron chi connectivity index (χ1n) is 6.71. The fraction of sp³-hybridized carbons (Fsp3) is 0.400. The monoisotopic (exact) mass is 295 g/mol. The number of aromatic nitrogens is 2. The van der Waals surface area contributed by atoms with E-state index in [-0.39, 0.29) is 5.02 Å². The Balaban J connectivity index is 1.97. The molecule has 0 atom stereocenters. The molecule has 0 fully saturated rings. The molecule has 1 heterocycles. The molecule has 0 saturated carbocycles. The summed E-state index contributed by atoms with van der Waals surface area (Å²) in [5, 5.41) is 7.80. The Hall–Kier alpha value is -1.39. The molecule has 5 heteroatoms. The number of rotatable bonds is 6. The maximum absolute atomic E-state index is 13.4. The molecule has 2 rings (SSSR count). The van der Waals surface area contributed by atoms with Gasteiger partial charge in [-0.15, -0.1) is 0 Å². The molecule has 0 unspecified atom stereocenters. The van der Waals surface area contributed by atoms with E-state index in [1.54, 1.807) is 10.7 Å². The topological polar surface area (TPSA) is 29.9 Å². The van der Waals surface area contributed by atoms with E-state index in [0.717, 1.165) is 24.2 Å². The zero-order chi connectivity index (χ0) is 14.5. The highest BCUT2D eigenvalue weighted by atomic mass is 35.5. The molecule has 0 saturated heterocycles. The highest BCUT2D eigenvalue weighted by Crippen LogP contribution is 2.20. The van der Waals surface area contributed by atoms with Crippen molar-refractivity contribution in [3.8, 4) is 0 Å². The van der Waals surface area contributed by atoms with Gasteiger partial charge in [-0.1, -0.05) is 37.6 Å². The van der Waals surface area contributed by atoms with E-state index in [9.17, 15) is 4.39 Å². The maximum Gasteiger partial charge on any atom is 0.142 e. The lowest BCUT2D eigenvalue weighted by Gasteiger charge is -2.06. The molecular formula is C15H19ClFN3. The predicted molar refractivity (Wildman–Crippen MR) is 79.3 cm³/mol. The number of nitrogens with zero attached hydrogens (tertiary/aromatic N) is 2. The quantitative estimate of drug-likeness (QED) is 0.884. The number of hydrogen-bond acceptors (Lipinski definition) is 2. The second-order valence-electron chi connectivity index (χ2n) is 5.28. The van der Waals surface area contributed by atoms with E-state index in [1.165, 1.54) is 6.07 Å². The van der Waals surface area contributed by atoms with Crippen LogP contribution in [0.5, 0.6) is 0 Å². The molecule has 0 aliphatic heterocycles. The Morgan fingerprint density at radius 1 is 1.40 bits per heavy atom. The third kappa shape index (κ3) is 4.05. The summed E-state index contributed by atoms with van der Waals surface area (Å²) in [6.07, 6.45) is 3.77. The van der Waals surface area contributed by atoms with E-state index in [4.69, 9.17) is 11.6 Å². The molecule has 0 aliphatic rings. The molecule has 1 aromatic carbocycles. The number of hydrogen-bond donors (Lipinski definition) is 1. The van der Waals surface area contributed by atoms with Crippen LogP contribution in [0.2, 0.25) is 5.02 Å². The summed E-state index contributed by atoms with van der Waals surface area (Å²) in [7, 11) is 0. The van der Waals surface area contributed by atoms with E-state index in [1.807, 2.05) is 18.5 Å². The van der Waals surface area contributed by atoms with Crippen LogP contribution >= 0.6 is 11.6 Å². The number of nitrogens with one attached hydrogen (secondary N) is 1. The van der Waals surface area contributed by atoms with Crippen LogP contribution in [0.4, 0.5) is 4.39 Å². The summed E-state index contributed by atoms with van der Waals surface area (Å²) < 4.78 is 15.1. The van der Waals surface area contributed by atoms with Crippen molar-refractivity contribution in [2.75, 3.05) is 6.54 Å². The van der Waals surface area contributed by atoms with Crippen LogP contribution in [0.25, 0.3) is 0 Å². The van der Waals surface area contributed by atoms with Gasteiger partial charge in [0.15, 0.2) is 0 Å². The zero-order valence-electron chi connectivity index (χ0n) is 11.7. The average molecular weight is 296 g/mol. The predicted octanol–water partition coefficient (Wildman–Crippen LogP) is 3.47. The fourth-order valence-corrected chi connectivity index (χ4v) is 2.12. The van der Waals surface area contributed by atoms with E-state index >= 15 is 0 Å². The molecule has 1 aromatic heterocycles. The first-order valence-corrected chi connectivity index (χ1v) is 7.09. The Bertz CT molecular complexity index is 566. The molecule has 0 radical (unpaired) electrons. The normalized spacial score (nSPS) is 11.2. The molecule has 0 spiro atoms. The fourth-order valence-electron chi connectivity index (χ4n) is 1.93. The van der Waals surface area contributed by atoms with Crippen molar-refractivity contribution in [3.05, 3.63) is 52.6 Å². The van der Waals surface area contributed by atoms with Gasteiger partial charge in [-0.2, -0.15) is 5.10 Å². The zero-order valence-corrected chi connectivity index (χ0v) is 12.5. The standard InChI is InChI=1S/C15H19ClFN3/c1-11(2)6-18-7-12-8-19-20(9-12)10-13-4-3-5-14(17)15(13)16/h3-5,8-9,11,18H,6-7,10H2,1-2H3. The first kappa shape index (κ1) is 15.0. The van der Waals surface area contributed by atoms with Crippen LogP contribution in [0.1, 0.15) is 25.0 Å². The van der Waals surface area contributed by atoms with Crippen molar-refractivity contribution in [2.24, 2.45) is 5.92 Å². The minimum Gasteiger partial charge on any atom is -0.312 e. The van der Waals surface area contributed by atoms with Crippen LogP contribution in [0, 0.1) is 11.7 Å². The van der Waals surface area contributed by atoms with Crippen molar-refractivity contribution in [2.45, 2.75) is 26.9 Å². The number of benzene rings is 1. The van der Waals surface area contributed by atoms with Crippen LogP contribution in [0.3, 0.4) is 0 Å². The van der Waals surface area contributed by atoms with E-state index < -0.39 is 5.82 Å². The highest BCUT2D eigenvalue weighted by Gasteiger charge is 2.07. The van der Waals surface area contributed by atoms with Gasteiger partial charge in [0.1, 0.15) is 5.82 Å². The lowest BCUT2D eigenvalue weighted by molar-refractivity contribution is 0.552. The van der Waals surface area contributed by atoms with Crippen LogP contribution in [-0.2, 0) is 13.1 Å². The highest BCUT2D eigenvalue weighted by molar-refractivity contribution is 6.31. The molecule has 3 nitrogen and oxygen atoms in total. The Kier molecular flexibility index (Phi) is 5.15. The van der Waals surface area contributed by atoms with Gasteiger partial charge >= 0.3 is 0 Å². The molecular weight excluding hydrogens is 277 g/mol. The van der Waals surface area contributed by atoms with Gasteiger partial charge < -0.3 is 5.32 Å². The number of halogens is 2. The van der Waals surface area contributed by atoms with Crippen molar-refractivity contribution in [1.82, 2.24) is 15.1 Å². The van der Waals surface area contributed by atoms with Gasteiger partial charge in [-0.25, -0.2) is 4.39 Å². The molecule has 0 amide bonds. The van der Waals surface area contributed by atoms with Crippen LogP contribution in [0.15, 0.2) is 30.6 Å². The van der Waals surface area contributed by atoms with Gasteiger partial charge in [0.25, 0.3) is 0 Å². The second kappa shape index (κ2) is 6.86. The largest absolute Gasteiger partial charge is 0.312 e. The van der Waals surface area contributed by atoms with Gasteiger partial charge in [0.05, 0.1) is 17.8 Å². The molecule has 20 heavy (non-hydrogen) atoms. The minimum atomic E-state index is -0.393. The minimum absolute atomic E-state index is 0.169. The van der Waals surface area contributed by atoms with Crippen molar-refractivity contribution < 1.29 is 4.39 Å². The van der Waals surface area contributed by atoms with Crippen LogP contribution in [-0.4, -0.2) is 16.3 Å². The van der Waals surface area contributed by atoms with Gasteiger partial charge in [0.2, 0.25) is 0 Å². The first-order chi connectivity index (χ1) is 9.56. The SMILES string of the molecule is CC(C)CNCc1cnn(Cc2cccc(F)c2Cl)c1. The van der Waals surface area contributed by atoms with E-state index in [0.29, 0.717) is 12.5 Å². The molecule has 2 aromatic rings. The lowest BCUT2D eigenvalue weighted by atomic mass is 10.2. The summed E-state index contributed by atoms with van der Waals surface area (Å²) in [6.45, 7) is 6.57. The third-order valence-electron chi connectivity index (χ3n) is 2.93. The Morgan fingerprint density at radius 2 is 2.20 bits per heavy atom. The summed E-state index contributed by atoms with van der Waals surface area (Å²) >= 11 is 5.94. The maximum atomic E-state index is 13.4. The van der Waals surface area contributed by atoms with Crippen molar-refractivity contribution in [3.63, 3.8) is 0 Å². The summed E-state index contributed by atoms with van der Waals surface area (Å²) in [6, 6.07) is 4.82. The molecule has 108 valence electrons. The van der Waals surface area contributed by atoms with Gasteiger partial charge in [0, 0.05) is 18.3 Å². The summed E-state index contributed by atoms with van der Waals surface area (Å²) in [4.78, 5) is 0. The smallest absolute Gasteiger partial charge is 0.142 e. The van der Waals surface area contributed by atoms with Crippen LogP contribution < -0.4 is 5.32 Å². The molecule has 1 N–H and O–H groups in total. The molecule has 0 aliphatic carbocycles. The summed E-state index contributed by atoms with van der Waals surface area (Å²) in [5.41, 5.74) is 1.84. The van der Waals surface area contributed by atoms with Crippen molar-refractivity contribution >= 4 is 11.6 Å². The van der Waals surface area contributed by atoms with Crippen molar-refractivity contribution in [1.29, 1.82) is 0 Å². The average Bonchev–Trinajstić information content (AvgIpc) is 2.82.